The van der Waals surface area contributed by atoms with E-state index in [4.69, 9.17) is 10.3 Å². The summed E-state index contributed by atoms with van der Waals surface area (Å²) in [7, 11) is -3.55. The maximum Gasteiger partial charge on any atom is 0.258 e. The lowest BCUT2D eigenvalue weighted by Crippen LogP contribution is -2.25. The van der Waals surface area contributed by atoms with Gasteiger partial charge in [0.15, 0.2) is 0 Å². The molecule has 0 aliphatic heterocycles. The molecule has 0 amide bonds. The van der Waals surface area contributed by atoms with Crippen LogP contribution in [-0.2, 0) is 16.6 Å². The van der Waals surface area contributed by atoms with Crippen LogP contribution in [0.3, 0.4) is 0 Å². The largest absolute Gasteiger partial charge is 0.334 e. The van der Waals surface area contributed by atoms with Gasteiger partial charge in [0.05, 0.1) is 4.90 Å². The first-order valence-corrected chi connectivity index (χ1v) is 10.3. The van der Waals surface area contributed by atoms with Crippen molar-refractivity contribution < 1.29 is 12.9 Å². The van der Waals surface area contributed by atoms with E-state index in [0.717, 1.165) is 24.0 Å². The van der Waals surface area contributed by atoms with E-state index in [1.54, 1.807) is 24.3 Å². The third-order valence-corrected chi connectivity index (χ3v) is 5.95. The second-order valence-electron chi connectivity index (χ2n) is 6.65. The highest BCUT2D eigenvalue weighted by Crippen LogP contribution is 2.29. The second kappa shape index (κ2) is 7.22. The van der Waals surface area contributed by atoms with E-state index >= 15 is 0 Å². The van der Waals surface area contributed by atoms with Crippen LogP contribution in [0.15, 0.2) is 57.9 Å². The van der Waals surface area contributed by atoms with Gasteiger partial charge in [-0.1, -0.05) is 35.5 Å². The van der Waals surface area contributed by atoms with Crippen LogP contribution in [0.1, 0.15) is 18.4 Å². The Morgan fingerprint density at radius 2 is 1.89 bits per heavy atom. The number of aromatic nitrogens is 2. The molecule has 8 heteroatoms. The van der Waals surface area contributed by atoms with Gasteiger partial charge in [0.1, 0.15) is 0 Å². The molecule has 1 saturated carbocycles. The zero-order chi connectivity index (χ0) is 18.9. The minimum absolute atomic E-state index is 0.188. The summed E-state index contributed by atoms with van der Waals surface area (Å²) in [6.07, 6.45) is 2.17. The van der Waals surface area contributed by atoms with Gasteiger partial charge in [0.2, 0.25) is 15.8 Å². The summed E-state index contributed by atoms with van der Waals surface area (Å²) in [5, 5.41) is 4.00. The summed E-state index contributed by atoms with van der Waals surface area (Å²) in [6.45, 7) is 0.948. The Balaban J connectivity index is 1.57. The zero-order valence-corrected chi connectivity index (χ0v) is 15.4. The molecule has 1 heterocycles. The summed E-state index contributed by atoms with van der Waals surface area (Å²) in [5.41, 5.74) is 7.98. The molecule has 4 rings (SSSR count). The Labute approximate surface area is 157 Å². The minimum Gasteiger partial charge on any atom is -0.334 e. The molecule has 27 heavy (non-hydrogen) atoms. The standard InChI is InChI=1S/C19H20N4O3S/c20-11-13-6-8-15(9-7-13)18-22-19(26-23-18)16-2-1-3-17(10-16)27(24,25)21-12-14-4-5-14/h1-3,6-10,14,21H,4-5,11-12,20H2. The molecule has 1 aliphatic carbocycles. The van der Waals surface area contributed by atoms with E-state index in [9.17, 15) is 8.42 Å². The van der Waals surface area contributed by atoms with Crippen LogP contribution in [0.5, 0.6) is 0 Å². The Kier molecular flexibility index (Phi) is 4.77. The number of sulfonamides is 1. The third kappa shape index (κ3) is 4.08. The normalized spacial score (nSPS) is 14.4. The van der Waals surface area contributed by atoms with Crippen LogP contribution in [0.4, 0.5) is 0 Å². The topological polar surface area (TPSA) is 111 Å². The van der Waals surface area contributed by atoms with Gasteiger partial charge in [-0.25, -0.2) is 13.1 Å². The number of hydrogen-bond acceptors (Lipinski definition) is 6. The molecule has 0 saturated heterocycles. The van der Waals surface area contributed by atoms with Gasteiger partial charge < -0.3 is 10.3 Å². The molecule has 1 aliphatic rings. The lowest BCUT2D eigenvalue weighted by Gasteiger charge is -2.06. The van der Waals surface area contributed by atoms with Gasteiger partial charge in [0, 0.05) is 24.2 Å². The van der Waals surface area contributed by atoms with E-state index in [-0.39, 0.29) is 10.8 Å². The van der Waals surface area contributed by atoms with Crippen LogP contribution in [0.25, 0.3) is 22.8 Å². The van der Waals surface area contributed by atoms with Crippen LogP contribution < -0.4 is 10.5 Å². The van der Waals surface area contributed by atoms with E-state index in [0.29, 0.717) is 30.4 Å². The Morgan fingerprint density at radius 3 is 2.59 bits per heavy atom. The Hall–Kier alpha value is -2.55. The molecule has 0 bridgehead atoms. The number of hydrogen-bond donors (Lipinski definition) is 2. The maximum absolute atomic E-state index is 12.4. The average Bonchev–Trinajstić information content (AvgIpc) is 3.41. The number of rotatable bonds is 7. The second-order valence-corrected chi connectivity index (χ2v) is 8.41. The van der Waals surface area contributed by atoms with E-state index in [1.165, 1.54) is 0 Å². The van der Waals surface area contributed by atoms with Crippen molar-refractivity contribution in [3.05, 3.63) is 54.1 Å². The van der Waals surface area contributed by atoms with E-state index in [1.807, 2.05) is 24.3 Å². The maximum atomic E-state index is 12.4. The molecule has 2 aromatic carbocycles. The van der Waals surface area contributed by atoms with Crippen molar-refractivity contribution in [2.75, 3.05) is 6.54 Å². The van der Waals surface area contributed by atoms with E-state index in [2.05, 4.69) is 14.9 Å². The summed E-state index contributed by atoms with van der Waals surface area (Å²) in [4.78, 5) is 4.58. The molecule has 0 atom stereocenters. The lowest BCUT2D eigenvalue weighted by atomic mass is 10.1. The molecule has 1 fully saturated rings. The number of nitrogens with two attached hydrogens (primary N) is 1. The first-order chi connectivity index (χ1) is 13.0. The van der Waals surface area contributed by atoms with Crippen molar-refractivity contribution in [1.29, 1.82) is 0 Å². The Bertz CT molecular complexity index is 1040. The Morgan fingerprint density at radius 1 is 1.11 bits per heavy atom. The van der Waals surface area contributed by atoms with Crippen LogP contribution in [0.2, 0.25) is 0 Å². The van der Waals surface area contributed by atoms with Gasteiger partial charge in [-0.15, -0.1) is 0 Å². The minimum atomic E-state index is -3.55. The van der Waals surface area contributed by atoms with Gasteiger partial charge in [-0.05, 0) is 42.5 Å². The number of nitrogens with one attached hydrogen (secondary N) is 1. The summed E-state index contributed by atoms with van der Waals surface area (Å²) in [6, 6.07) is 14.1. The van der Waals surface area contributed by atoms with Crippen LogP contribution >= 0.6 is 0 Å². The van der Waals surface area contributed by atoms with Gasteiger partial charge in [-0.2, -0.15) is 4.98 Å². The zero-order valence-electron chi connectivity index (χ0n) is 14.6. The average molecular weight is 384 g/mol. The number of nitrogens with zero attached hydrogens (tertiary/aromatic N) is 2. The fourth-order valence-electron chi connectivity index (χ4n) is 2.68. The van der Waals surface area contributed by atoms with Crippen molar-refractivity contribution in [1.82, 2.24) is 14.9 Å². The molecular formula is C19H20N4O3S. The monoisotopic (exact) mass is 384 g/mol. The molecule has 0 radical (unpaired) electrons. The van der Waals surface area contributed by atoms with Crippen molar-refractivity contribution in [2.24, 2.45) is 11.7 Å². The molecule has 0 unspecified atom stereocenters. The quantitative estimate of drug-likeness (QED) is 0.648. The first kappa shape index (κ1) is 17.8. The van der Waals surface area contributed by atoms with Crippen molar-refractivity contribution in [3.63, 3.8) is 0 Å². The van der Waals surface area contributed by atoms with Crippen LogP contribution in [-0.4, -0.2) is 25.1 Å². The smallest absolute Gasteiger partial charge is 0.258 e. The third-order valence-electron chi connectivity index (χ3n) is 4.52. The molecule has 140 valence electrons. The van der Waals surface area contributed by atoms with Gasteiger partial charge in [0.25, 0.3) is 5.89 Å². The van der Waals surface area contributed by atoms with Crippen molar-refractivity contribution in [2.45, 2.75) is 24.3 Å². The first-order valence-electron chi connectivity index (χ1n) is 8.78. The molecule has 3 N–H and O–H groups in total. The van der Waals surface area contributed by atoms with Gasteiger partial charge in [-0.3, -0.25) is 0 Å². The van der Waals surface area contributed by atoms with Gasteiger partial charge >= 0.3 is 0 Å². The summed E-state index contributed by atoms with van der Waals surface area (Å²) >= 11 is 0. The van der Waals surface area contributed by atoms with Crippen LogP contribution in [0, 0.1) is 5.92 Å². The summed E-state index contributed by atoms with van der Waals surface area (Å²) in [5.74, 6) is 1.17. The molecule has 1 aromatic heterocycles. The fraction of sp³-hybridized carbons (Fsp3) is 0.263. The SMILES string of the molecule is NCc1ccc(-c2noc(-c3cccc(S(=O)(=O)NCC4CC4)c3)n2)cc1. The van der Waals surface area contributed by atoms with Crippen molar-refractivity contribution in [3.8, 4) is 22.8 Å². The highest BCUT2D eigenvalue weighted by atomic mass is 32.2. The lowest BCUT2D eigenvalue weighted by molar-refractivity contribution is 0.432. The molecule has 7 nitrogen and oxygen atoms in total. The fourth-order valence-corrected chi connectivity index (χ4v) is 3.84. The highest BCUT2D eigenvalue weighted by molar-refractivity contribution is 7.89. The highest BCUT2D eigenvalue weighted by Gasteiger charge is 2.24. The van der Waals surface area contributed by atoms with Crippen molar-refractivity contribution >= 4 is 10.0 Å². The molecular weight excluding hydrogens is 364 g/mol. The van der Waals surface area contributed by atoms with E-state index < -0.39 is 10.0 Å². The number of benzene rings is 2. The predicted octanol–water partition coefficient (Wildman–Crippen LogP) is 2.55. The molecule has 0 spiro atoms. The predicted molar refractivity (Wildman–Crippen MR) is 101 cm³/mol. The molecule has 3 aromatic rings. The summed E-state index contributed by atoms with van der Waals surface area (Å²) < 4.78 is 32.9.